The summed E-state index contributed by atoms with van der Waals surface area (Å²) in [6.07, 6.45) is 14.8. The number of fused-ring (bicyclic) bond motifs is 2. The van der Waals surface area contributed by atoms with E-state index in [0.29, 0.717) is 43.3 Å². The fraction of sp³-hybridized carbons (Fsp3) is 0.745. The lowest BCUT2D eigenvalue weighted by atomic mass is 9.71. The Hall–Kier alpha value is -2.57. The SMILES string of the molecule is CCC(C)[C@H]1O[C@]2(C=C[C@@H]1C)C[C@@H]1C[C@@H](CC=C(C)[C@@H](OC3C[C@H](OC)[C@@H](OC4C[C@H](OC)[C@@]5(C=CCN5)[C@H](C)O4)[C@H](C)O3)C(C)C=CC=C3CO[C@@H]4[C@H](O)C(C)=C[C@@H](C(=O)O1)[C@]34O)O2. The summed E-state index contributed by atoms with van der Waals surface area (Å²) in [5, 5.41) is 27.4. The Morgan fingerprint density at radius 2 is 1.72 bits per heavy atom. The summed E-state index contributed by atoms with van der Waals surface area (Å²) >= 11 is 0. The highest BCUT2D eigenvalue weighted by Crippen LogP contribution is 2.47. The third-order valence-corrected chi connectivity index (χ3v) is 15.7. The Kier molecular flexibility index (Phi) is 14.9. The Labute approximate surface area is 385 Å². The van der Waals surface area contributed by atoms with Crippen molar-refractivity contribution in [3.05, 3.63) is 71.4 Å². The summed E-state index contributed by atoms with van der Waals surface area (Å²) in [5.74, 6) is -2.52. The third-order valence-electron chi connectivity index (χ3n) is 15.7. The summed E-state index contributed by atoms with van der Waals surface area (Å²) < 4.78 is 65.2. The number of rotatable bonds is 8. The van der Waals surface area contributed by atoms with Gasteiger partial charge < -0.3 is 62.9 Å². The molecule has 20 atom stereocenters. The maximum Gasteiger partial charge on any atom is 0.316 e. The van der Waals surface area contributed by atoms with Crippen LogP contribution >= 0.6 is 0 Å². The zero-order valence-electron chi connectivity index (χ0n) is 40.1. The molecule has 3 N–H and O–H groups in total. The summed E-state index contributed by atoms with van der Waals surface area (Å²) in [4.78, 5) is 14.4. The highest BCUT2D eigenvalue weighted by molar-refractivity contribution is 5.78. The Balaban J connectivity index is 1.07. The second kappa shape index (κ2) is 19.8. The number of esters is 1. The Morgan fingerprint density at radius 1 is 0.938 bits per heavy atom. The van der Waals surface area contributed by atoms with Gasteiger partial charge in [0.25, 0.3) is 0 Å². The van der Waals surface area contributed by atoms with Crippen molar-refractivity contribution in [2.75, 3.05) is 27.4 Å². The van der Waals surface area contributed by atoms with Crippen LogP contribution in [0.5, 0.6) is 0 Å². The molecule has 4 saturated heterocycles. The van der Waals surface area contributed by atoms with Crippen molar-refractivity contribution >= 4 is 5.97 Å². The molecule has 0 aromatic rings. The molecule has 0 aromatic carbocycles. The van der Waals surface area contributed by atoms with Crippen LogP contribution < -0.4 is 5.32 Å². The fourth-order valence-corrected chi connectivity index (χ4v) is 11.7. The van der Waals surface area contributed by atoms with Crippen molar-refractivity contribution in [2.45, 2.75) is 191 Å². The van der Waals surface area contributed by atoms with Crippen molar-refractivity contribution in [2.24, 2.45) is 23.7 Å². The van der Waals surface area contributed by atoms with Gasteiger partial charge in [-0.15, -0.1) is 0 Å². The molecule has 4 unspecified atom stereocenters. The molecule has 14 nitrogen and oxygen atoms in total. The molecule has 0 radical (unpaired) electrons. The lowest BCUT2D eigenvalue weighted by Gasteiger charge is -2.49. The van der Waals surface area contributed by atoms with Gasteiger partial charge in [-0.3, -0.25) is 4.79 Å². The predicted octanol–water partition coefficient (Wildman–Crippen LogP) is 5.91. The van der Waals surface area contributed by atoms with E-state index in [0.717, 1.165) is 18.5 Å². The van der Waals surface area contributed by atoms with E-state index in [1.54, 1.807) is 33.3 Å². The molecular weight excluding hydrogens is 835 g/mol. The topological polar surface area (TPSA) is 162 Å². The maximum absolute atomic E-state index is 14.4. The van der Waals surface area contributed by atoms with Crippen molar-refractivity contribution in [1.29, 1.82) is 0 Å². The van der Waals surface area contributed by atoms with Crippen LogP contribution in [0.15, 0.2) is 71.4 Å². The van der Waals surface area contributed by atoms with Gasteiger partial charge in [0.15, 0.2) is 18.4 Å². The van der Waals surface area contributed by atoms with Crippen LogP contribution in [0, 0.1) is 23.7 Å². The summed E-state index contributed by atoms with van der Waals surface area (Å²) in [6, 6.07) is 0. The van der Waals surface area contributed by atoms with Gasteiger partial charge in [0, 0.05) is 58.3 Å². The van der Waals surface area contributed by atoms with Crippen LogP contribution in [0.4, 0.5) is 0 Å². The van der Waals surface area contributed by atoms with E-state index in [1.807, 2.05) is 32.1 Å². The molecule has 0 saturated carbocycles. The molecular formula is C51H75NO13. The quantitative estimate of drug-likeness (QED) is 0.195. The van der Waals surface area contributed by atoms with Crippen LogP contribution in [0.25, 0.3) is 0 Å². The third kappa shape index (κ3) is 9.46. The molecule has 0 aromatic heterocycles. The highest BCUT2D eigenvalue weighted by atomic mass is 16.7. The van der Waals surface area contributed by atoms with E-state index in [1.165, 1.54) is 0 Å². The molecule has 7 aliphatic heterocycles. The van der Waals surface area contributed by atoms with Crippen LogP contribution in [-0.2, 0) is 52.2 Å². The maximum atomic E-state index is 14.4. The van der Waals surface area contributed by atoms with E-state index in [-0.39, 0.29) is 54.9 Å². The molecule has 1 aliphatic carbocycles. The van der Waals surface area contributed by atoms with E-state index in [4.69, 9.17) is 47.4 Å². The molecule has 4 fully saturated rings. The first-order valence-corrected chi connectivity index (χ1v) is 24.1. The lowest BCUT2D eigenvalue weighted by Crippen LogP contribution is -2.65. The average Bonchev–Trinajstić information content (AvgIpc) is 3.91. The Bertz CT molecular complexity index is 1900. The highest BCUT2D eigenvalue weighted by Gasteiger charge is 2.60. The van der Waals surface area contributed by atoms with Crippen LogP contribution in [0.3, 0.4) is 0 Å². The number of carbonyl (C=O) groups excluding carboxylic acids is 1. The summed E-state index contributed by atoms with van der Waals surface area (Å²) in [6.45, 7) is 17.2. The van der Waals surface area contributed by atoms with Crippen molar-refractivity contribution in [1.82, 2.24) is 5.32 Å². The van der Waals surface area contributed by atoms with Crippen LogP contribution in [0.2, 0.25) is 0 Å². The van der Waals surface area contributed by atoms with Crippen molar-refractivity contribution in [3.8, 4) is 0 Å². The molecule has 0 amide bonds. The number of ether oxygens (including phenoxy) is 10. The number of hydrogen-bond donors (Lipinski definition) is 3. The Morgan fingerprint density at radius 3 is 2.45 bits per heavy atom. The van der Waals surface area contributed by atoms with Gasteiger partial charge in [-0.05, 0) is 62.8 Å². The van der Waals surface area contributed by atoms with Gasteiger partial charge >= 0.3 is 5.97 Å². The number of aliphatic hydroxyl groups excluding tert-OH is 1. The number of allylic oxidation sites excluding steroid dienone is 2. The standard InChI is InChI=1S/C51H75NO13/c1-11-28(2)45-31(5)18-20-49(65-45)26-37-23-36(64-49)17-16-30(4)44(29(3)14-12-15-35-27-58-47-43(53)32(6)22-38(48(54)61-37)51(35,47)55)62-41-24-39(56-9)46(33(7)59-41)63-42-25-40(57-10)50(34(8)60-42)19-13-21-52-50/h12-16,18-20,22,28-29,31,33-34,36-47,52-53,55H,11,17,21,23-27H2,1-10H3/t28?,29?,31-,33-,34-,36+,37-,38-,39-,40-,41?,42?,43+,44-,45+,46-,47+,49+,50+,51+/m0/s1. The van der Waals surface area contributed by atoms with E-state index in [9.17, 15) is 15.0 Å². The molecule has 2 bridgehead atoms. The van der Waals surface area contributed by atoms with Crippen molar-refractivity contribution in [3.63, 3.8) is 0 Å². The first kappa shape index (κ1) is 48.9. The summed E-state index contributed by atoms with van der Waals surface area (Å²) in [7, 11) is 3.42. The van der Waals surface area contributed by atoms with E-state index >= 15 is 0 Å². The second-order valence-corrected chi connectivity index (χ2v) is 20.1. The number of aliphatic hydroxyl groups is 2. The van der Waals surface area contributed by atoms with E-state index in [2.05, 4.69) is 64.2 Å². The largest absolute Gasteiger partial charge is 0.462 e. The van der Waals surface area contributed by atoms with Crippen LogP contribution in [0.1, 0.15) is 93.9 Å². The number of methoxy groups -OCH3 is 2. The fourth-order valence-electron chi connectivity index (χ4n) is 11.7. The first-order valence-electron chi connectivity index (χ1n) is 24.1. The number of hydrogen-bond acceptors (Lipinski definition) is 14. The molecule has 2 spiro atoms. The zero-order valence-corrected chi connectivity index (χ0v) is 40.1. The second-order valence-electron chi connectivity index (χ2n) is 20.1. The van der Waals surface area contributed by atoms with E-state index < -0.39 is 78.0 Å². The normalized spacial score (nSPS) is 47.3. The molecule has 362 valence electrons. The molecule has 65 heavy (non-hydrogen) atoms. The van der Waals surface area contributed by atoms with Gasteiger partial charge in [0.05, 0.1) is 54.9 Å². The minimum atomic E-state index is -1.83. The molecule has 8 rings (SSSR count). The lowest BCUT2D eigenvalue weighted by molar-refractivity contribution is -0.315. The van der Waals surface area contributed by atoms with Gasteiger partial charge in [-0.1, -0.05) is 82.7 Å². The molecule has 7 heterocycles. The average molecular weight is 910 g/mol. The smallest absolute Gasteiger partial charge is 0.316 e. The molecule has 8 aliphatic rings. The van der Waals surface area contributed by atoms with Gasteiger partial charge in [0.2, 0.25) is 0 Å². The predicted molar refractivity (Wildman–Crippen MR) is 241 cm³/mol. The zero-order chi connectivity index (χ0) is 46.4. The minimum absolute atomic E-state index is 0.0399. The van der Waals surface area contributed by atoms with Gasteiger partial charge in [-0.2, -0.15) is 0 Å². The number of carbonyl (C=O) groups is 1. The minimum Gasteiger partial charge on any atom is -0.462 e. The monoisotopic (exact) mass is 910 g/mol. The molecule has 14 heteroatoms. The van der Waals surface area contributed by atoms with Crippen LogP contribution in [-0.4, -0.2) is 140 Å². The first-order chi connectivity index (χ1) is 31.0. The summed E-state index contributed by atoms with van der Waals surface area (Å²) in [5.41, 5.74) is -0.228. The van der Waals surface area contributed by atoms with Gasteiger partial charge in [-0.25, -0.2) is 0 Å². The van der Waals surface area contributed by atoms with Crippen molar-refractivity contribution < 1.29 is 62.4 Å². The number of nitrogens with one attached hydrogen (secondary N) is 1. The van der Waals surface area contributed by atoms with Gasteiger partial charge in [0.1, 0.15) is 35.9 Å².